The second kappa shape index (κ2) is 12.1. The SMILES string of the molecule is CCCCCC[C@@H](C=O)[C@@H](O)C(C)(O)CO[Si](c1ccccc1)(c1ccccc1)C(C)(C)C. The fourth-order valence-corrected chi connectivity index (χ4v) is 9.33. The molecule has 182 valence electrons. The fraction of sp³-hybridized carbons (Fsp3) is 0.536. The van der Waals surface area contributed by atoms with E-state index in [1.54, 1.807) is 6.92 Å². The summed E-state index contributed by atoms with van der Waals surface area (Å²) in [6, 6.07) is 20.4. The minimum Gasteiger partial charge on any atom is -0.404 e. The fourth-order valence-electron chi connectivity index (χ4n) is 4.67. The van der Waals surface area contributed by atoms with Crippen LogP contribution in [0.4, 0.5) is 0 Å². The van der Waals surface area contributed by atoms with E-state index in [0.29, 0.717) is 6.42 Å². The Bertz CT molecular complexity index is 790. The highest BCUT2D eigenvalue weighted by molar-refractivity contribution is 6.99. The van der Waals surface area contributed by atoms with E-state index in [1.807, 2.05) is 36.4 Å². The second-order valence-electron chi connectivity index (χ2n) is 10.4. The summed E-state index contributed by atoms with van der Waals surface area (Å²) >= 11 is 0. The zero-order chi connectivity index (χ0) is 24.5. The maximum atomic E-state index is 11.8. The lowest BCUT2D eigenvalue weighted by Gasteiger charge is -2.45. The van der Waals surface area contributed by atoms with Crippen molar-refractivity contribution in [3.8, 4) is 0 Å². The molecule has 0 bridgehead atoms. The first-order valence-corrected chi connectivity index (χ1v) is 14.1. The molecule has 0 amide bonds. The molecule has 0 aliphatic carbocycles. The molecule has 3 atom stereocenters. The molecule has 0 heterocycles. The number of aliphatic hydroxyl groups excluding tert-OH is 1. The highest BCUT2D eigenvalue weighted by atomic mass is 28.4. The van der Waals surface area contributed by atoms with Crippen LogP contribution >= 0.6 is 0 Å². The van der Waals surface area contributed by atoms with E-state index >= 15 is 0 Å². The molecule has 0 aromatic heterocycles. The van der Waals surface area contributed by atoms with E-state index in [1.165, 1.54) is 0 Å². The summed E-state index contributed by atoms with van der Waals surface area (Å²) in [5.41, 5.74) is -1.55. The molecule has 0 aliphatic heterocycles. The summed E-state index contributed by atoms with van der Waals surface area (Å²) in [5.74, 6) is -0.611. The van der Waals surface area contributed by atoms with Gasteiger partial charge in [0.1, 0.15) is 11.9 Å². The zero-order valence-corrected chi connectivity index (χ0v) is 22.0. The third kappa shape index (κ3) is 6.63. The highest BCUT2D eigenvalue weighted by Gasteiger charge is 2.51. The van der Waals surface area contributed by atoms with Crippen LogP contribution < -0.4 is 10.4 Å². The molecule has 5 heteroatoms. The van der Waals surface area contributed by atoms with E-state index < -0.39 is 25.9 Å². The molecule has 0 saturated heterocycles. The molecule has 2 aromatic carbocycles. The number of benzene rings is 2. The Labute approximate surface area is 201 Å². The Balaban J connectivity index is 2.36. The lowest BCUT2D eigenvalue weighted by molar-refractivity contribution is -0.133. The standard InChI is InChI=1S/C28H42O4Si/c1-6-7-8-11-16-23(21-29)26(30)28(5,31)22-32-33(27(2,3)4,24-17-12-9-13-18-24)25-19-14-10-15-20-25/h9-10,12-15,17-21,23,26,30-31H,6-8,11,16,22H2,1-5H3/t23-,26+,28?/m0/s1. The molecule has 0 radical (unpaired) electrons. The summed E-state index contributed by atoms with van der Waals surface area (Å²) in [5, 5.41) is 24.3. The topological polar surface area (TPSA) is 66.8 Å². The van der Waals surface area contributed by atoms with Crippen LogP contribution in [0.3, 0.4) is 0 Å². The number of hydrogen-bond donors (Lipinski definition) is 2. The highest BCUT2D eigenvalue weighted by Crippen LogP contribution is 2.37. The Morgan fingerprint density at radius 2 is 1.42 bits per heavy atom. The predicted octanol–water partition coefficient (Wildman–Crippen LogP) is 4.46. The summed E-state index contributed by atoms with van der Waals surface area (Å²) < 4.78 is 6.80. The van der Waals surface area contributed by atoms with Gasteiger partial charge in [-0.05, 0) is 28.8 Å². The molecule has 0 saturated carbocycles. The first-order chi connectivity index (χ1) is 15.6. The Morgan fingerprint density at radius 1 is 0.909 bits per heavy atom. The van der Waals surface area contributed by atoms with Crippen LogP contribution in [-0.4, -0.2) is 43.1 Å². The van der Waals surface area contributed by atoms with Crippen molar-refractivity contribution in [1.82, 2.24) is 0 Å². The van der Waals surface area contributed by atoms with Crippen molar-refractivity contribution in [3.63, 3.8) is 0 Å². The quantitative estimate of drug-likeness (QED) is 0.258. The van der Waals surface area contributed by atoms with E-state index in [0.717, 1.165) is 42.3 Å². The first-order valence-electron chi connectivity index (χ1n) is 12.2. The normalized spacial score (nSPS) is 16.1. The van der Waals surface area contributed by atoms with Gasteiger partial charge in [-0.15, -0.1) is 0 Å². The van der Waals surface area contributed by atoms with Gasteiger partial charge in [0, 0.05) is 5.92 Å². The number of hydrogen-bond acceptors (Lipinski definition) is 4. The average molecular weight is 471 g/mol. The van der Waals surface area contributed by atoms with E-state index in [4.69, 9.17) is 4.43 Å². The van der Waals surface area contributed by atoms with E-state index in [2.05, 4.69) is 52.0 Å². The van der Waals surface area contributed by atoms with Gasteiger partial charge in [-0.2, -0.15) is 0 Å². The molecule has 0 aliphatic rings. The monoisotopic (exact) mass is 470 g/mol. The van der Waals surface area contributed by atoms with Gasteiger partial charge in [-0.1, -0.05) is 114 Å². The van der Waals surface area contributed by atoms with E-state index in [-0.39, 0.29) is 11.6 Å². The molecule has 0 fully saturated rings. The van der Waals surface area contributed by atoms with E-state index in [9.17, 15) is 15.0 Å². The Morgan fingerprint density at radius 3 is 1.85 bits per heavy atom. The van der Waals surface area contributed by atoms with Gasteiger partial charge in [-0.3, -0.25) is 0 Å². The molecule has 2 aromatic rings. The smallest absolute Gasteiger partial charge is 0.261 e. The van der Waals surface area contributed by atoms with Gasteiger partial charge < -0.3 is 19.4 Å². The van der Waals surface area contributed by atoms with Crippen molar-refractivity contribution in [1.29, 1.82) is 0 Å². The Kier molecular flexibility index (Phi) is 10.0. The van der Waals surface area contributed by atoms with Crippen LogP contribution in [0.1, 0.15) is 66.7 Å². The Hall–Kier alpha value is -1.79. The molecular weight excluding hydrogens is 428 g/mol. The molecule has 2 N–H and O–H groups in total. The summed E-state index contributed by atoms with van der Waals surface area (Å²) in [7, 11) is -2.85. The molecule has 1 unspecified atom stereocenters. The largest absolute Gasteiger partial charge is 0.404 e. The van der Waals surface area contributed by atoms with Crippen molar-refractivity contribution in [2.45, 2.75) is 83.5 Å². The van der Waals surface area contributed by atoms with Gasteiger partial charge >= 0.3 is 0 Å². The maximum absolute atomic E-state index is 11.8. The summed E-state index contributed by atoms with van der Waals surface area (Å²) in [6.07, 6.45) is 4.27. The van der Waals surface area contributed by atoms with Crippen LogP contribution in [0.5, 0.6) is 0 Å². The number of aldehydes is 1. The number of carbonyl (C=O) groups excluding carboxylic acids is 1. The zero-order valence-electron chi connectivity index (χ0n) is 21.0. The molecule has 0 spiro atoms. The molecule has 2 rings (SSSR count). The number of rotatable bonds is 13. The van der Waals surface area contributed by atoms with Crippen LogP contribution in [0, 0.1) is 5.92 Å². The van der Waals surface area contributed by atoms with Gasteiger partial charge in [0.2, 0.25) is 0 Å². The predicted molar refractivity (Wildman–Crippen MR) is 139 cm³/mol. The molecule has 33 heavy (non-hydrogen) atoms. The summed E-state index contributed by atoms with van der Waals surface area (Å²) in [4.78, 5) is 11.8. The number of unbranched alkanes of at least 4 members (excludes halogenated alkanes) is 3. The lowest BCUT2D eigenvalue weighted by Crippen LogP contribution is -2.68. The van der Waals surface area contributed by atoms with Crippen LogP contribution in [0.2, 0.25) is 5.04 Å². The average Bonchev–Trinajstić information content (AvgIpc) is 2.79. The van der Waals surface area contributed by atoms with Gasteiger partial charge in [0.25, 0.3) is 8.32 Å². The second-order valence-corrected chi connectivity index (χ2v) is 14.7. The number of aliphatic hydroxyl groups is 2. The molecular formula is C28H42O4Si. The van der Waals surface area contributed by atoms with Crippen molar-refractivity contribution in [3.05, 3.63) is 60.7 Å². The van der Waals surface area contributed by atoms with Gasteiger partial charge in [0.05, 0.1) is 12.7 Å². The number of carbonyl (C=O) groups is 1. The van der Waals surface area contributed by atoms with Crippen molar-refractivity contribution >= 4 is 25.0 Å². The van der Waals surface area contributed by atoms with Crippen LogP contribution in [-0.2, 0) is 9.22 Å². The third-order valence-corrected chi connectivity index (χ3v) is 11.6. The minimum absolute atomic E-state index is 0.0548. The summed E-state index contributed by atoms with van der Waals surface area (Å²) in [6.45, 7) is 10.2. The minimum atomic E-state index is -2.85. The maximum Gasteiger partial charge on any atom is 0.261 e. The molecule has 4 nitrogen and oxygen atoms in total. The van der Waals surface area contributed by atoms with Crippen LogP contribution in [0.25, 0.3) is 0 Å². The first kappa shape index (κ1) is 27.5. The lowest BCUT2D eigenvalue weighted by atomic mass is 9.86. The van der Waals surface area contributed by atoms with Crippen molar-refractivity contribution in [2.75, 3.05) is 6.61 Å². The van der Waals surface area contributed by atoms with Crippen molar-refractivity contribution < 1.29 is 19.4 Å². The van der Waals surface area contributed by atoms with Crippen molar-refractivity contribution in [2.24, 2.45) is 5.92 Å². The third-order valence-electron chi connectivity index (χ3n) is 6.61. The van der Waals surface area contributed by atoms with Gasteiger partial charge in [-0.25, -0.2) is 0 Å². The van der Waals surface area contributed by atoms with Crippen LogP contribution in [0.15, 0.2) is 60.7 Å². The van der Waals surface area contributed by atoms with Gasteiger partial charge in [0.15, 0.2) is 0 Å².